The highest BCUT2D eigenvalue weighted by molar-refractivity contribution is 14.1. The van der Waals surface area contributed by atoms with Crippen LogP contribution in [0.15, 0.2) is 48.8 Å². The number of nitrogens with one attached hydrogen (secondary N) is 1. The van der Waals surface area contributed by atoms with E-state index in [1.165, 1.54) is 11.0 Å². The van der Waals surface area contributed by atoms with E-state index in [4.69, 9.17) is 0 Å². The van der Waals surface area contributed by atoms with Crippen LogP contribution in [0.5, 0.6) is 0 Å². The lowest BCUT2D eigenvalue weighted by atomic mass is 9.96. The van der Waals surface area contributed by atoms with E-state index < -0.39 is 17.6 Å². The number of carbonyl (C=O) groups is 1. The molecule has 2 aliphatic rings. The zero-order valence-electron chi connectivity index (χ0n) is 26.6. The van der Waals surface area contributed by atoms with Gasteiger partial charge >= 0.3 is 6.18 Å². The first-order valence-corrected chi connectivity index (χ1v) is 16.6. The number of nitrogens with zero attached hydrogens (tertiary/aromatic N) is 7. The topological polar surface area (TPSA) is 112 Å². The lowest BCUT2D eigenvalue weighted by Gasteiger charge is -2.31. The number of benzene rings is 2. The van der Waals surface area contributed by atoms with Crippen molar-refractivity contribution in [1.82, 2.24) is 24.6 Å². The van der Waals surface area contributed by atoms with Gasteiger partial charge in [-0.2, -0.15) is 18.4 Å². The van der Waals surface area contributed by atoms with Crippen LogP contribution in [0.3, 0.4) is 0 Å². The van der Waals surface area contributed by atoms with Gasteiger partial charge in [0.05, 0.1) is 23.7 Å². The van der Waals surface area contributed by atoms with Crippen molar-refractivity contribution in [3.8, 4) is 28.6 Å². The highest BCUT2D eigenvalue weighted by Crippen LogP contribution is 2.41. The molecule has 2 aromatic carbocycles. The molecule has 4 aromatic rings. The molecule has 15 heteroatoms. The Balaban J connectivity index is 0.00000145. The molecular formula is C33H34F3IN8O2S. The fourth-order valence-corrected chi connectivity index (χ4v) is 6.35. The number of fused-ring (bicyclic) bond motifs is 1. The van der Waals surface area contributed by atoms with Crippen molar-refractivity contribution in [3.63, 3.8) is 0 Å². The van der Waals surface area contributed by atoms with E-state index in [1.807, 2.05) is 6.92 Å². The van der Waals surface area contributed by atoms with Crippen LogP contribution < -0.4 is 10.2 Å². The summed E-state index contributed by atoms with van der Waals surface area (Å²) in [5.41, 5.74) is 2.13. The molecule has 10 nitrogen and oxygen atoms in total. The SMILES string of the molecule is CCNc1cc(-c2ccc(C#N)cc2-c2nncn2C)cc(N2Cc3c(cc(CN4CCCC(C)C4)cc3C(F)(F)F)C2=O)n1.SOI. The monoisotopic (exact) mass is 790 g/mol. The minimum atomic E-state index is -4.62. The Morgan fingerprint density at radius 3 is 2.58 bits per heavy atom. The van der Waals surface area contributed by atoms with E-state index in [0.29, 0.717) is 58.5 Å². The van der Waals surface area contributed by atoms with Crippen LogP contribution in [0.1, 0.15) is 59.3 Å². The molecule has 2 aliphatic heterocycles. The Kier molecular flexibility index (Phi) is 11.3. The molecule has 1 amide bonds. The maximum absolute atomic E-state index is 14.4. The number of aromatic nitrogens is 4. The van der Waals surface area contributed by atoms with Crippen molar-refractivity contribution in [1.29, 1.82) is 5.26 Å². The molecule has 1 fully saturated rings. The first-order chi connectivity index (χ1) is 23.0. The van der Waals surface area contributed by atoms with E-state index in [0.717, 1.165) is 25.9 Å². The first kappa shape index (κ1) is 35.6. The summed E-state index contributed by atoms with van der Waals surface area (Å²) < 4.78 is 49.0. The third kappa shape index (κ3) is 7.77. The first-order valence-electron chi connectivity index (χ1n) is 15.3. The highest BCUT2D eigenvalue weighted by Gasteiger charge is 2.41. The van der Waals surface area contributed by atoms with E-state index in [-0.39, 0.29) is 23.5 Å². The lowest BCUT2D eigenvalue weighted by molar-refractivity contribution is -0.138. The van der Waals surface area contributed by atoms with Crippen molar-refractivity contribution in [2.75, 3.05) is 29.9 Å². The molecular weight excluding hydrogens is 756 g/mol. The van der Waals surface area contributed by atoms with Gasteiger partial charge in [-0.05, 0) is 104 Å². The number of nitriles is 1. The van der Waals surface area contributed by atoms with Crippen molar-refractivity contribution < 1.29 is 20.5 Å². The molecule has 1 saturated heterocycles. The smallest absolute Gasteiger partial charge is 0.370 e. The molecule has 0 aliphatic carbocycles. The minimum absolute atomic E-state index is 0.0430. The maximum Gasteiger partial charge on any atom is 0.416 e. The van der Waals surface area contributed by atoms with Gasteiger partial charge in [-0.3, -0.25) is 17.1 Å². The minimum Gasteiger partial charge on any atom is -0.370 e. The van der Waals surface area contributed by atoms with Gasteiger partial charge in [0.2, 0.25) is 0 Å². The number of amides is 1. The largest absolute Gasteiger partial charge is 0.416 e. The molecule has 48 heavy (non-hydrogen) atoms. The molecule has 6 rings (SSSR count). The van der Waals surface area contributed by atoms with Gasteiger partial charge in [-0.25, -0.2) is 4.98 Å². The van der Waals surface area contributed by atoms with Crippen LogP contribution in [0.2, 0.25) is 0 Å². The molecule has 2 aromatic heterocycles. The van der Waals surface area contributed by atoms with Gasteiger partial charge in [0.25, 0.3) is 5.91 Å². The number of rotatable bonds is 7. The van der Waals surface area contributed by atoms with Crippen LogP contribution in [-0.2, 0) is 28.8 Å². The summed E-state index contributed by atoms with van der Waals surface area (Å²) in [5, 5.41) is 21.0. The molecule has 0 bridgehead atoms. The second-order valence-electron chi connectivity index (χ2n) is 11.9. The van der Waals surface area contributed by atoms with Crippen molar-refractivity contribution in [3.05, 3.63) is 76.6 Å². The fourth-order valence-electron chi connectivity index (χ4n) is 6.35. The summed E-state index contributed by atoms with van der Waals surface area (Å²) in [6.07, 6.45) is -0.966. The zero-order chi connectivity index (χ0) is 34.6. The van der Waals surface area contributed by atoms with Gasteiger partial charge in [-0.1, -0.05) is 13.0 Å². The van der Waals surface area contributed by atoms with Gasteiger partial charge < -0.3 is 9.88 Å². The number of halogens is 4. The molecule has 0 spiro atoms. The summed E-state index contributed by atoms with van der Waals surface area (Å²) in [6, 6.07) is 13.6. The summed E-state index contributed by atoms with van der Waals surface area (Å²) in [5.74, 6) is 1.16. The number of pyridine rings is 1. The number of alkyl halides is 3. The van der Waals surface area contributed by atoms with Crippen LogP contribution >= 0.6 is 35.9 Å². The number of likely N-dealkylation sites (tertiary alicyclic amines) is 1. The third-order valence-corrected chi connectivity index (χ3v) is 8.41. The molecule has 1 unspecified atom stereocenters. The summed E-state index contributed by atoms with van der Waals surface area (Å²) >= 11 is 4.93. The number of aryl methyl sites for hydroxylation is 1. The molecule has 4 heterocycles. The summed E-state index contributed by atoms with van der Waals surface area (Å²) in [7, 11) is 1.79. The zero-order valence-corrected chi connectivity index (χ0v) is 29.6. The number of hydrogen-bond donors (Lipinski definition) is 2. The normalized spacial score (nSPS) is 16.3. The number of anilines is 2. The molecule has 1 N–H and O–H groups in total. The van der Waals surface area contributed by atoms with E-state index in [2.05, 4.69) is 53.8 Å². The van der Waals surface area contributed by atoms with Crippen LogP contribution in [0.4, 0.5) is 24.8 Å². The summed E-state index contributed by atoms with van der Waals surface area (Å²) in [4.78, 5) is 22.0. The summed E-state index contributed by atoms with van der Waals surface area (Å²) in [6.45, 7) is 6.31. The number of piperidine rings is 1. The van der Waals surface area contributed by atoms with Gasteiger partial charge in [-0.15, -0.1) is 10.2 Å². The Morgan fingerprint density at radius 1 is 1.17 bits per heavy atom. The van der Waals surface area contributed by atoms with Gasteiger partial charge in [0, 0.05) is 37.8 Å². The van der Waals surface area contributed by atoms with Crippen LogP contribution in [0, 0.1) is 17.2 Å². The molecule has 252 valence electrons. The Hall–Kier alpha value is -3.72. The lowest BCUT2D eigenvalue weighted by Crippen LogP contribution is -2.33. The molecule has 0 saturated carbocycles. The van der Waals surface area contributed by atoms with E-state index in [1.54, 1.807) is 77.3 Å². The number of hydrogen-bond acceptors (Lipinski definition) is 9. The molecule has 1 atom stereocenters. The number of thiol groups is 1. The Bertz CT molecular complexity index is 1840. The average molecular weight is 791 g/mol. The Morgan fingerprint density at radius 2 is 1.94 bits per heavy atom. The number of carbonyl (C=O) groups excluding carboxylic acids is 1. The van der Waals surface area contributed by atoms with Crippen LogP contribution in [-0.4, -0.2) is 50.2 Å². The van der Waals surface area contributed by atoms with Crippen LogP contribution in [0.25, 0.3) is 22.5 Å². The second-order valence-corrected chi connectivity index (χ2v) is 13.2. The molecule has 0 radical (unpaired) electrons. The Labute approximate surface area is 296 Å². The van der Waals surface area contributed by atoms with Gasteiger partial charge in [0.1, 0.15) is 41.0 Å². The van der Waals surface area contributed by atoms with Crippen molar-refractivity contribution in [2.45, 2.75) is 46.0 Å². The standard InChI is InChI=1S/C33H33F3N8O.HIOS/c1-4-38-29-13-23(24-8-7-21(15-37)10-25(24)31-41-39-19-42(31)3)14-30(40-29)44-18-27-26(32(44)45)11-22(12-28(27)33(34,35)36)17-43-9-5-6-20(2)16-43;1-2-3/h7-8,10-14,19-20H,4-6,9,16-18H2,1-3H3,(H,38,40);3H. The average Bonchev–Trinajstić information content (AvgIpc) is 3.63. The quantitative estimate of drug-likeness (QED) is 0.113. The fraction of sp³-hybridized carbons (Fsp3) is 0.364. The van der Waals surface area contributed by atoms with E-state index >= 15 is 0 Å². The van der Waals surface area contributed by atoms with Crippen molar-refractivity contribution in [2.24, 2.45) is 13.0 Å². The van der Waals surface area contributed by atoms with Gasteiger partial charge in [0.15, 0.2) is 5.82 Å². The third-order valence-electron chi connectivity index (χ3n) is 8.41. The van der Waals surface area contributed by atoms with Crippen molar-refractivity contribution >= 4 is 53.5 Å². The van der Waals surface area contributed by atoms with E-state index in [9.17, 15) is 23.2 Å². The predicted molar refractivity (Wildman–Crippen MR) is 188 cm³/mol. The maximum atomic E-state index is 14.4. The highest BCUT2D eigenvalue weighted by atomic mass is 127. The predicted octanol–water partition coefficient (Wildman–Crippen LogP) is 7.46. The second kappa shape index (κ2) is 15.2.